The Morgan fingerprint density at radius 3 is 2.22 bits per heavy atom. The Kier molecular flexibility index (Phi) is 4.82. The van der Waals surface area contributed by atoms with E-state index < -0.39 is 5.54 Å². The van der Waals surface area contributed by atoms with Gasteiger partial charge in [0.25, 0.3) is 5.91 Å². The number of hydrogen-bond acceptors (Lipinski definition) is 4. The first-order valence-corrected chi connectivity index (χ1v) is 7.70. The van der Waals surface area contributed by atoms with Crippen LogP contribution in [0.4, 0.5) is 0 Å². The number of amides is 1. The van der Waals surface area contributed by atoms with Crippen molar-refractivity contribution in [2.45, 2.75) is 40.2 Å². The first kappa shape index (κ1) is 17.5. The Bertz CT molecular complexity index is 638. The molecule has 0 atom stereocenters. The molecule has 1 aromatic carbocycles. The van der Waals surface area contributed by atoms with Gasteiger partial charge >= 0.3 is 0 Å². The second kappa shape index (κ2) is 6.34. The van der Waals surface area contributed by atoms with Gasteiger partial charge in [-0.05, 0) is 51.3 Å². The third-order valence-corrected chi connectivity index (χ3v) is 4.16. The van der Waals surface area contributed by atoms with Gasteiger partial charge in [-0.1, -0.05) is 17.7 Å². The molecule has 5 heteroatoms. The number of aliphatic hydroxyl groups excluding tert-OH is 1. The first-order valence-electron chi connectivity index (χ1n) is 7.70. The molecule has 1 N–H and O–H groups in total. The maximum Gasteiger partial charge on any atom is 0.282 e. The van der Waals surface area contributed by atoms with Crippen molar-refractivity contribution >= 4 is 11.5 Å². The fourth-order valence-corrected chi connectivity index (χ4v) is 3.09. The number of carbonyl (C=O) groups is 1. The van der Waals surface area contributed by atoms with Crippen LogP contribution in [0.25, 0.3) is 5.57 Å². The minimum atomic E-state index is -0.913. The highest BCUT2D eigenvalue weighted by atomic mass is 16.7. The van der Waals surface area contributed by atoms with Crippen LogP contribution >= 0.6 is 0 Å². The molecular weight excluding hydrogens is 294 g/mol. The minimum absolute atomic E-state index is 0.0370. The SMILES string of the molecule is COCCON1C(=O)C(c2c(C)cc(C)cc2C)=C(O)C1(C)C. The van der Waals surface area contributed by atoms with Gasteiger partial charge in [-0.15, -0.1) is 0 Å². The fourth-order valence-electron chi connectivity index (χ4n) is 3.09. The summed E-state index contributed by atoms with van der Waals surface area (Å²) >= 11 is 0. The second-order valence-corrected chi connectivity index (χ2v) is 6.48. The van der Waals surface area contributed by atoms with Crippen LogP contribution in [0.5, 0.6) is 0 Å². The van der Waals surface area contributed by atoms with E-state index in [1.54, 1.807) is 21.0 Å². The Labute approximate surface area is 137 Å². The van der Waals surface area contributed by atoms with E-state index in [2.05, 4.69) is 0 Å². The number of ether oxygens (including phenoxy) is 1. The average Bonchev–Trinajstić information content (AvgIpc) is 2.60. The minimum Gasteiger partial charge on any atom is -0.509 e. The van der Waals surface area contributed by atoms with Crippen molar-refractivity contribution in [2.75, 3.05) is 20.3 Å². The van der Waals surface area contributed by atoms with Crippen molar-refractivity contribution in [3.05, 3.63) is 40.1 Å². The van der Waals surface area contributed by atoms with Crippen molar-refractivity contribution in [3.63, 3.8) is 0 Å². The van der Waals surface area contributed by atoms with Gasteiger partial charge in [0.05, 0.1) is 18.8 Å². The Balaban J connectivity index is 2.47. The summed E-state index contributed by atoms with van der Waals surface area (Å²) in [5.74, 6) is -0.284. The lowest BCUT2D eigenvalue weighted by atomic mass is 9.91. The molecule has 0 saturated heterocycles. The molecule has 0 bridgehead atoms. The average molecular weight is 319 g/mol. The molecule has 0 aromatic heterocycles. The Hall–Kier alpha value is -1.85. The molecule has 0 unspecified atom stereocenters. The van der Waals surface area contributed by atoms with E-state index in [9.17, 15) is 9.90 Å². The summed E-state index contributed by atoms with van der Waals surface area (Å²) in [7, 11) is 1.57. The zero-order valence-corrected chi connectivity index (χ0v) is 14.7. The topological polar surface area (TPSA) is 59.0 Å². The third kappa shape index (κ3) is 2.99. The van der Waals surface area contributed by atoms with Crippen LogP contribution in [-0.2, 0) is 14.4 Å². The fraction of sp³-hybridized carbons (Fsp3) is 0.500. The van der Waals surface area contributed by atoms with E-state index in [0.29, 0.717) is 12.2 Å². The largest absolute Gasteiger partial charge is 0.509 e. The summed E-state index contributed by atoms with van der Waals surface area (Å²) in [5.41, 5.74) is 3.25. The number of carbonyl (C=O) groups excluding carboxylic acids is 1. The van der Waals surface area contributed by atoms with Crippen molar-refractivity contribution in [1.82, 2.24) is 5.06 Å². The van der Waals surface area contributed by atoms with E-state index in [1.165, 1.54) is 5.06 Å². The number of methoxy groups -OCH3 is 1. The van der Waals surface area contributed by atoms with Crippen LogP contribution < -0.4 is 0 Å². The Morgan fingerprint density at radius 1 is 1.13 bits per heavy atom. The predicted octanol–water partition coefficient (Wildman–Crippen LogP) is 3.08. The molecule has 1 heterocycles. The molecular formula is C18H25NO4. The molecule has 1 aromatic rings. The van der Waals surface area contributed by atoms with E-state index in [1.807, 2.05) is 32.9 Å². The summed E-state index contributed by atoms with van der Waals surface area (Å²) < 4.78 is 4.96. The number of rotatable bonds is 5. The van der Waals surface area contributed by atoms with Gasteiger partial charge < -0.3 is 9.84 Å². The van der Waals surface area contributed by atoms with Gasteiger partial charge in [0, 0.05) is 7.11 Å². The summed E-state index contributed by atoms with van der Waals surface area (Å²) in [5, 5.41) is 11.9. The van der Waals surface area contributed by atoms with Crippen LogP contribution in [0.2, 0.25) is 0 Å². The zero-order chi connectivity index (χ0) is 17.4. The molecule has 2 rings (SSSR count). The molecule has 0 radical (unpaired) electrons. The molecule has 1 aliphatic rings. The van der Waals surface area contributed by atoms with E-state index in [0.717, 1.165) is 22.3 Å². The highest BCUT2D eigenvalue weighted by Gasteiger charge is 2.48. The van der Waals surface area contributed by atoms with Crippen LogP contribution in [-0.4, -0.2) is 41.9 Å². The first-order chi connectivity index (χ1) is 10.7. The van der Waals surface area contributed by atoms with Crippen LogP contribution in [0.15, 0.2) is 17.9 Å². The lowest BCUT2D eigenvalue weighted by Crippen LogP contribution is -2.44. The van der Waals surface area contributed by atoms with Crippen molar-refractivity contribution < 1.29 is 19.5 Å². The summed E-state index contributed by atoms with van der Waals surface area (Å²) in [6.07, 6.45) is 0. The van der Waals surface area contributed by atoms with Crippen molar-refractivity contribution in [2.24, 2.45) is 0 Å². The zero-order valence-electron chi connectivity index (χ0n) is 14.7. The summed E-state index contributed by atoms with van der Waals surface area (Å²) in [6, 6.07) is 4.02. The van der Waals surface area contributed by atoms with Crippen LogP contribution in [0, 0.1) is 20.8 Å². The van der Waals surface area contributed by atoms with E-state index >= 15 is 0 Å². The number of hydroxylamine groups is 2. The van der Waals surface area contributed by atoms with Gasteiger partial charge in [0.2, 0.25) is 0 Å². The molecule has 1 aliphatic heterocycles. The molecule has 0 fully saturated rings. The van der Waals surface area contributed by atoms with Gasteiger partial charge in [0.15, 0.2) is 0 Å². The molecule has 0 spiro atoms. The number of benzene rings is 1. The van der Waals surface area contributed by atoms with Gasteiger partial charge in [0.1, 0.15) is 11.3 Å². The summed E-state index contributed by atoms with van der Waals surface area (Å²) in [4.78, 5) is 18.4. The maximum atomic E-state index is 12.9. The van der Waals surface area contributed by atoms with Crippen LogP contribution in [0.3, 0.4) is 0 Å². The quantitative estimate of drug-likeness (QED) is 0.847. The monoisotopic (exact) mass is 319 g/mol. The summed E-state index contributed by atoms with van der Waals surface area (Å²) in [6.45, 7) is 10.1. The molecule has 23 heavy (non-hydrogen) atoms. The van der Waals surface area contributed by atoms with Crippen LogP contribution in [0.1, 0.15) is 36.1 Å². The number of nitrogens with zero attached hydrogens (tertiary/aromatic N) is 1. The number of aliphatic hydroxyl groups is 1. The molecule has 1 amide bonds. The third-order valence-electron chi connectivity index (χ3n) is 4.16. The lowest BCUT2D eigenvalue weighted by molar-refractivity contribution is -0.207. The van der Waals surface area contributed by atoms with E-state index in [-0.39, 0.29) is 18.3 Å². The Morgan fingerprint density at radius 2 is 1.70 bits per heavy atom. The highest BCUT2D eigenvalue weighted by Crippen LogP contribution is 2.40. The predicted molar refractivity (Wildman–Crippen MR) is 89.0 cm³/mol. The maximum absolute atomic E-state index is 12.9. The number of aryl methyl sites for hydroxylation is 3. The van der Waals surface area contributed by atoms with Gasteiger partial charge in [-0.3, -0.25) is 9.63 Å². The smallest absolute Gasteiger partial charge is 0.282 e. The number of hydrogen-bond donors (Lipinski definition) is 1. The normalized spacial score (nSPS) is 17.3. The molecule has 0 aliphatic carbocycles. The second-order valence-electron chi connectivity index (χ2n) is 6.48. The molecule has 0 saturated carbocycles. The molecule has 126 valence electrons. The van der Waals surface area contributed by atoms with E-state index in [4.69, 9.17) is 9.57 Å². The standard InChI is InChI=1S/C18H25NO4/c1-11-9-12(2)14(13(3)10-11)15-16(20)18(4,5)19(17(15)21)23-8-7-22-6/h9-10,20H,7-8H2,1-6H3. The highest BCUT2D eigenvalue weighted by molar-refractivity contribution is 6.23. The van der Waals surface area contributed by atoms with Crippen molar-refractivity contribution in [1.29, 1.82) is 0 Å². The molecule has 5 nitrogen and oxygen atoms in total. The van der Waals surface area contributed by atoms with Gasteiger partial charge in [-0.25, -0.2) is 5.06 Å². The van der Waals surface area contributed by atoms with Crippen molar-refractivity contribution in [3.8, 4) is 0 Å². The lowest BCUT2D eigenvalue weighted by Gasteiger charge is -2.30. The van der Waals surface area contributed by atoms with Gasteiger partial charge in [-0.2, -0.15) is 0 Å².